The summed E-state index contributed by atoms with van der Waals surface area (Å²) >= 11 is 0. The molecule has 1 aromatic carbocycles. The van der Waals surface area contributed by atoms with Crippen LogP contribution in [0.5, 0.6) is 5.75 Å². The predicted octanol–water partition coefficient (Wildman–Crippen LogP) is 1.32. The summed E-state index contributed by atoms with van der Waals surface area (Å²) in [6, 6.07) is 7.17. The molecule has 1 N–H and O–H groups in total. The van der Waals surface area contributed by atoms with E-state index in [9.17, 15) is 9.59 Å². The number of cyclic esters (lactones) is 1. The molecule has 3 rings (SSSR count). The maximum atomic E-state index is 12.0. The minimum absolute atomic E-state index is 0.138. The topological polar surface area (TPSA) is 77.1 Å². The first-order chi connectivity index (χ1) is 11.2. The van der Waals surface area contributed by atoms with Crippen LogP contribution in [0.4, 0.5) is 10.5 Å². The highest BCUT2D eigenvalue weighted by atomic mass is 16.6. The maximum Gasteiger partial charge on any atom is 0.414 e. The molecule has 1 aromatic rings. The van der Waals surface area contributed by atoms with Gasteiger partial charge >= 0.3 is 6.09 Å². The normalized spacial score (nSPS) is 23.7. The van der Waals surface area contributed by atoms with Crippen molar-refractivity contribution >= 4 is 17.7 Å². The van der Waals surface area contributed by atoms with Crippen molar-refractivity contribution in [1.29, 1.82) is 0 Å². The monoisotopic (exact) mass is 320 g/mol. The van der Waals surface area contributed by atoms with Gasteiger partial charge in [0.15, 0.2) is 0 Å². The van der Waals surface area contributed by atoms with Crippen LogP contribution < -0.4 is 15.0 Å². The number of hydrogen-bond donors (Lipinski definition) is 1. The minimum atomic E-state index is -0.411. The number of rotatable bonds is 5. The molecule has 2 aliphatic heterocycles. The van der Waals surface area contributed by atoms with Crippen LogP contribution in [0.15, 0.2) is 24.3 Å². The lowest BCUT2D eigenvalue weighted by Crippen LogP contribution is -2.40. The third-order valence-corrected chi connectivity index (χ3v) is 3.98. The van der Waals surface area contributed by atoms with Gasteiger partial charge in [-0.1, -0.05) is 0 Å². The fraction of sp³-hybridized carbons (Fsp3) is 0.500. The van der Waals surface area contributed by atoms with Gasteiger partial charge in [0.2, 0.25) is 5.91 Å². The fourth-order valence-corrected chi connectivity index (χ4v) is 2.71. The van der Waals surface area contributed by atoms with Crippen LogP contribution in [0.25, 0.3) is 0 Å². The predicted molar refractivity (Wildman–Crippen MR) is 82.6 cm³/mol. The molecular weight excluding hydrogens is 300 g/mol. The number of nitrogens with one attached hydrogen (secondary N) is 1. The molecule has 2 unspecified atom stereocenters. The number of amides is 2. The zero-order chi connectivity index (χ0) is 16.2. The molecule has 7 heteroatoms. The Hall–Kier alpha value is -2.28. The zero-order valence-electron chi connectivity index (χ0n) is 13.0. The molecule has 0 aliphatic carbocycles. The maximum absolute atomic E-state index is 12.0. The number of ether oxygens (including phenoxy) is 3. The lowest BCUT2D eigenvalue weighted by molar-refractivity contribution is -0.130. The second-order valence-corrected chi connectivity index (χ2v) is 5.56. The van der Waals surface area contributed by atoms with Crippen LogP contribution in [0.2, 0.25) is 0 Å². The minimum Gasteiger partial charge on any atom is -0.497 e. The second-order valence-electron chi connectivity index (χ2n) is 5.56. The Kier molecular flexibility index (Phi) is 4.66. The summed E-state index contributed by atoms with van der Waals surface area (Å²) in [5.74, 6) is 0.586. The van der Waals surface area contributed by atoms with E-state index in [-0.39, 0.29) is 24.7 Å². The second kappa shape index (κ2) is 6.87. The van der Waals surface area contributed by atoms with Gasteiger partial charge in [-0.15, -0.1) is 0 Å². The van der Waals surface area contributed by atoms with E-state index in [0.29, 0.717) is 13.2 Å². The summed E-state index contributed by atoms with van der Waals surface area (Å²) in [6.07, 6.45) is 0.502. The molecule has 23 heavy (non-hydrogen) atoms. The molecule has 124 valence electrons. The summed E-state index contributed by atoms with van der Waals surface area (Å²) < 4.78 is 15.7. The van der Waals surface area contributed by atoms with Crippen molar-refractivity contribution in [3.05, 3.63) is 24.3 Å². The van der Waals surface area contributed by atoms with E-state index in [2.05, 4.69) is 5.32 Å². The molecule has 0 bridgehead atoms. The number of methoxy groups -OCH3 is 1. The quantitative estimate of drug-likeness (QED) is 0.885. The molecule has 2 aliphatic rings. The molecule has 2 atom stereocenters. The van der Waals surface area contributed by atoms with Crippen molar-refractivity contribution < 1.29 is 23.8 Å². The first-order valence-electron chi connectivity index (χ1n) is 7.69. The van der Waals surface area contributed by atoms with Crippen LogP contribution in [-0.4, -0.2) is 51.0 Å². The van der Waals surface area contributed by atoms with Crippen molar-refractivity contribution in [2.45, 2.75) is 25.0 Å². The Bertz CT molecular complexity index is 568. The summed E-state index contributed by atoms with van der Waals surface area (Å²) in [6.45, 7) is 1.32. The molecule has 7 nitrogen and oxygen atoms in total. The standard InChI is InChI=1S/C16H20N2O5/c1-21-12-6-4-11(5-7-12)18-10-13(23-16(18)20)9-17-15(19)14-3-2-8-22-14/h4-7,13-14H,2-3,8-10H2,1H3,(H,17,19). The lowest BCUT2D eigenvalue weighted by atomic mass is 10.2. The van der Waals surface area contributed by atoms with Gasteiger partial charge in [-0.3, -0.25) is 9.69 Å². The first kappa shape index (κ1) is 15.6. The Morgan fingerprint density at radius 3 is 2.83 bits per heavy atom. The zero-order valence-corrected chi connectivity index (χ0v) is 13.0. The summed E-state index contributed by atoms with van der Waals surface area (Å²) in [5, 5.41) is 2.79. The SMILES string of the molecule is COc1ccc(N2CC(CNC(=O)C3CCCO3)OC2=O)cc1. The van der Waals surface area contributed by atoms with Gasteiger partial charge in [-0.05, 0) is 37.1 Å². The number of nitrogens with zero attached hydrogens (tertiary/aromatic N) is 1. The van der Waals surface area contributed by atoms with Gasteiger partial charge in [-0.25, -0.2) is 4.79 Å². The Labute approximate surface area is 134 Å². The summed E-state index contributed by atoms with van der Waals surface area (Å²) in [4.78, 5) is 25.4. The van der Waals surface area contributed by atoms with Crippen LogP contribution >= 0.6 is 0 Å². The molecule has 0 spiro atoms. The van der Waals surface area contributed by atoms with Gasteiger partial charge in [0.05, 0.1) is 20.2 Å². The first-order valence-corrected chi connectivity index (χ1v) is 7.69. The molecule has 0 saturated carbocycles. The van der Waals surface area contributed by atoms with Crippen molar-refractivity contribution in [3.8, 4) is 5.75 Å². The largest absolute Gasteiger partial charge is 0.497 e. The van der Waals surface area contributed by atoms with Gasteiger partial charge in [-0.2, -0.15) is 0 Å². The summed E-state index contributed by atoms with van der Waals surface area (Å²) in [5.41, 5.74) is 0.740. The third-order valence-electron chi connectivity index (χ3n) is 3.98. The number of carbonyl (C=O) groups is 2. The van der Waals surface area contributed by atoms with Crippen molar-refractivity contribution in [2.24, 2.45) is 0 Å². The highest BCUT2D eigenvalue weighted by Crippen LogP contribution is 2.24. The van der Waals surface area contributed by atoms with Crippen LogP contribution in [0.3, 0.4) is 0 Å². The molecule has 2 amide bonds. The molecule has 2 fully saturated rings. The van der Waals surface area contributed by atoms with Crippen molar-refractivity contribution in [2.75, 3.05) is 31.7 Å². The van der Waals surface area contributed by atoms with E-state index in [1.807, 2.05) is 0 Å². The number of anilines is 1. The van der Waals surface area contributed by atoms with E-state index >= 15 is 0 Å². The summed E-state index contributed by atoms with van der Waals surface area (Å²) in [7, 11) is 1.59. The highest BCUT2D eigenvalue weighted by molar-refractivity contribution is 5.90. The van der Waals surface area contributed by atoms with Crippen LogP contribution in [-0.2, 0) is 14.3 Å². The Morgan fingerprint density at radius 2 is 2.17 bits per heavy atom. The van der Waals surface area contributed by atoms with Crippen molar-refractivity contribution in [3.63, 3.8) is 0 Å². The van der Waals surface area contributed by atoms with Crippen LogP contribution in [0.1, 0.15) is 12.8 Å². The smallest absolute Gasteiger partial charge is 0.414 e. The average molecular weight is 320 g/mol. The van der Waals surface area contributed by atoms with E-state index in [1.165, 1.54) is 0 Å². The molecule has 2 heterocycles. The van der Waals surface area contributed by atoms with Crippen LogP contribution in [0, 0.1) is 0 Å². The van der Waals surface area contributed by atoms with Gasteiger partial charge < -0.3 is 19.5 Å². The van der Waals surface area contributed by atoms with Gasteiger partial charge in [0, 0.05) is 12.3 Å². The Morgan fingerprint density at radius 1 is 1.39 bits per heavy atom. The Balaban J connectivity index is 1.53. The molecule has 2 saturated heterocycles. The number of benzene rings is 1. The molecule has 0 radical (unpaired) electrons. The van der Waals surface area contributed by atoms with E-state index in [1.54, 1.807) is 36.3 Å². The van der Waals surface area contributed by atoms with E-state index < -0.39 is 6.09 Å². The fourth-order valence-electron chi connectivity index (χ4n) is 2.71. The molecular formula is C16H20N2O5. The van der Waals surface area contributed by atoms with E-state index in [0.717, 1.165) is 24.3 Å². The average Bonchev–Trinajstić information content (AvgIpc) is 3.22. The number of carbonyl (C=O) groups excluding carboxylic acids is 2. The molecule has 0 aromatic heterocycles. The lowest BCUT2D eigenvalue weighted by Gasteiger charge is -2.14. The van der Waals surface area contributed by atoms with E-state index in [4.69, 9.17) is 14.2 Å². The third kappa shape index (κ3) is 3.56. The van der Waals surface area contributed by atoms with Gasteiger partial charge in [0.1, 0.15) is 18.0 Å². The van der Waals surface area contributed by atoms with Gasteiger partial charge in [0.25, 0.3) is 0 Å². The van der Waals surface area contributed by atoms with Crippen molar-refractivity contribution in [1.82, 2.24) is 5.32 Å². The highest BCUT2D eigenvalue weighted by Gasteiger charge is 2.33. The number of hydrogen-bond acceptors (Lipinski definition) is 5.